The molecule has 1 aliphatic carbocycles. The van der Waals surface area contributed by atoms with Crippen molar-refractivity contribution in [3.05, 3.63) is 27.7 Å². The first kappa shape index (κ1) is 15.0. The Bertz CT molecular complexity index is 471. The SMILES string of the molecule is COc1cc(Cl)c(C(O)C2CCCC2(C)C)cc1Cl. The molecule has 4 heteroatoms. The van der Waals surface area contributed by atoms with E-state index >= 15 is 0 Å². The van der Waals surface area contributed by atoms with Gasteiger partial charge in [0.2, 0.25) is 0 Å². The summed E-state index contributed by atoms with van der Waals surface area (Å²) in [5.41, 5.74) is 0.835. The van der Waals surface area contributed by atoms with Crippen LogP contribution < -0.4 is 4.74 Å². The van der Waals surface area contributed by atoms with Gasteiger partial charge in [0.25, 0.3) is 0 Å². The van der Waals surface area contributed by atoms with Gasteiger partial charge in [0.05, 0.1) is 23.3 Å². The van der Waals surface area contributed by atoms with Gasteiger partial charge >= 0.3 is 0 Å². The molecule has 0 amide bonds. The second kappa shape index (κ2) is 5.51. The van der Waals surface area contributed by atoms with Crippen LogP contribution in [0.25, 0.3) is 0 Å². The van der Waals surface area contributed by atoms with E-state index in [4.69, 9.17) is 27.9 Å². The van der Waals surface area contributed by atoms with Crippen LogP contribution >= 0.6 is 23.2 Å². The molecule has 0 heterocycles. The number of halogens is 2. The lowest BCUT2D eigenvalue weighted by molar-refractivity contribution is 0.0532. The summed E-state index contributed by atoms with van der Waals surface area (Å²) in [6, 6.07) is 3.40. The Morgan fingerprint density at radius 1 is 1.32 bits per heavy atom. The van der Waals surface area contributed by atoms with E-state index in [-0.39, 0.29) is 11.3 Å². The van der Waals surface area contributed by atoms with Gasteiger partial charge in [-0.05, 0) is 30.2 Å². The zero-order valence-corrected chi connectivity index (χ0v) is 13.1. The minimum absolute atomic E-state index is 0.134. The summed E-state index contributed by atoms with van der Waals surface area (Å²) >= 11 is 12.4. The number of hydrogen-bond acceptors (Lipinski definition) is 2. The van der Waals surface area contributed by atoms with E-state index in [0.717, 1.165) is 19.3 Å². The maximum Gasteiger partial charge on any atom is 0.138 e. The Balaban J connectivity index is 2.34. The standard InChI is InChI=1S/C15H20Cl2O2/c1-15(2)6-4-5-10(15)14(18)9-7-12(17)13(19-3)8-11(9)16/h7-8,10,14,18H,4-6H2,1-3H3. The van der Waals surface area contributed by atoms with Gasteiger partial charge < -0.3 is 9.84 Å². The normalized spacial score (nSPS) is 23.4. The highest BCUT2D eigenvalue weighted by atomic mass is 35.5. The molecule has 0 aromatic heterocycles. The lowest BCUT2D eigenvalue weighted by Crippen LogP contribution is -2.24. The number of rotatable bonds is 3. The second-order valence-electron chi connectivity index (χ2n) is 5.94. The Kier molecular flexibility index (Phi) is 4.34. The Hall–Kier alpha value is -0.440. The molecule has 1 aromatic rings. The highest BCUT2D eigenvalue weighted by Gasteiger charge is 2.40. The van der Waals surface area contributed by atoms with Crippen molar-refractivity contribution in [3.63, 3.8) is 0 Å². The number of benzene rings is 1. The maximum absolute atomic E-state index is 10.6. The van der Waals surface area contributed by atoms with E-state index in [2.05, 4.69) is 13.8 Å². The van der Waals surface area contributed by atoms with Crippen molar-refractivity contribution < 1.29 is 9.84 Å². The first-order valence-electron chi connectivity index (χ1n) is 6.58. The van der Waals surface area contributed by atoms with Gasteiger partial charge in [0.15, 0.2) is 0 Å². The molecule has 1 fully saturated rings. The lowest BCUT2D eigenvalue weighted by atomic mass is 9.77. The summed E-state index contributed by atoms with van der Waals surface area (Å²) < 4.78 is 5.13. The number of ether oxygens (including phenoxy) is 1. The highest BCUT2D eigenvalue weighted by Crippen LogP contribution is 2.50. The Morgan fingerprint density at radius 3 is 2.53 bits per heavy atom. The average molecular weight is 303 g/mol. The summed E-state index contributed by atoms with van der Waals surface area (Å²) in [6.07, 6.45) is 2.73. The zero-order chi connectivity index (χ0) is 14.2. The summed E-state index contributed by atoms with van der Waals surface area (Å²) in [5, 5.41) is 11.6. The van der Waals surface area contributed by atoms with Crippen LogP contribution in [-0.2, 0) is 0 Å². The third kappa shape index (κ3) is 2.86. The topological polar surface area (TPSA) is 29.5 Å². The van der Waals surface area contributed by atoms with Gasteiger partial charge in [-0.2, -0.15) is 0 Å². The quantitative estimate of drug-likeness (QED) is 0.864. The molecule has 19 heavy (non-hydrogen) atoms. The van der Waals surface area contributed by atoms with E-state index < -0.39 is 6.10 Å². The summed E-state index contributed by atoms with van der Waals surface area (Å²) in [4.78, 5) is 0. The van der Waals surface area contributed by atoms with Crippen molar-refractivity contribution in [2.75, 3.05) is 7.11 Å². The second-order valence-corrected chi connectivity index (χ2v) is 6.75. The van der Waals surface area contributed by atoms with Gasteiger partial charge in [-0.1, -0.05) is 43.5 Å². The predicted molar refractivity (Wildman–Crippen MR) is 79.1 cm³/mol. The molecular weight excluding hydrogens is 283 g/mol. The third-order valence-electron chi connectivity index (χ3n) is 4.31. The van der Waals surface area contributed by atoms with Gasteiger partial charge in [-0.3, -0.25) is 0 Å². The molecule has 0 bridgehead atoms. The molecule has 0 spiro atoms. The van der Waals surface area contributed by atoms with Crippen LogP contribution in [0, 0.1) is 11.3 Å². The summed E-state index contributed by atoms with van der Waals surface area (Å²) in [6.45, 7) is 4.40. The number of hydrogen-bond donors (Lipinski definition) is 1. The van der Waals surface area contributed by atoms with Crippen molar-refractivity contribution in [1.82, 2.24) is 0 Å². The summed E-state index contributed by atoms with van der Waals surface area (Å²) in [7, 11) is 1.55. The first-order valence-corrected chi connectivity index (χ1v) is 7.33. The average Bonchev–Trinajstić information content (AvgIpc) is 2.70. The molecule has 0 aliphatic heterocycles. The fourth-order valence-electron chi connectivity index (χ4n) is 3.08. The fraction of sp³-hybridized carbons (Fsp3) is 0.600. The van der Waals surface area contributed by atoms with Crippen LogP contribution in [0.2, 0.25) is 10.0 Å². The van der Waals surface area contributed by atoms with Gasteiger partial charge in [-0.25, -0.2) is 0 Å². The maximum atomic E-state index is 10.6. The van der Waals surface area contributed by atoms with Crippen LogP contribution in [0.4, 0.5) is 0 Å². The molecule has 106 valence electrons. The minimum Gasteiger partial charge on any atom is -0.495 e. The van der Waals surface area contributed by atoms with E-state index in [1.165, 1.54) is 0 Å². The monoisotopic (exact) mass is 302 g/mol. The zero-order valence-electron chi connectivity index (χ0n) is 11.5. The van der Waals surface area contributed by atoms with Crippen molar-refractivity contribution in [3.8, 4) is 5.75 Å². The molecule has 1 saturated carbocycles. The summed E-state index contributed by atoms with van der Waals surface area (Å²) in [5.74, 6) is 0.753. The minimum atomic E-state index is -0.576. The molecule has 2 atom stereocenters. The van der Waals surface area contributed by atoms with Gasteiger partial charge in [0.1, 0.15) is 5.75 Å². The van der Waals surface area contributed by atoms with E-state index in [9.17, 15) is 5.11 Å². The van der Waals surface area contributed by atoms with Crippen LogP contribution in [-0.4, -0.2) is 12.2 Å². The predicted octanol–water partition coefficient (Wildman–Crippen LogP) is 4.86. The molecule has 0 radical (unpaired) electrons. The molecule has 1 N–H and O–H groups in total. The van der Waals surface area contributed by atoms with Gasteiger partial charge in [0, 0.05) is 11.6 Å². The van der Waals surface area contributed by atoms with Crippen LogP contribution in [0.3, 0.4) is 0 Å². The number of aliphatic hydroxyl groups is 1. The molecule has 2 nitrogen and oxygen atoms in total. The van der Waals surface area contributed by atoms with Crippen LogP contribution in [0.15, 0.2) is 12.1 Å². The largest absolute Gasteiger partial charge is 0.495 e. The molecule has 2 unspecified atom stereocenters. The number of aliphatic hydroxyl groups excluding tert-OH is 1. The van der Waals surface area contributed by atoms with Crippen molar-refractivity contribution in [2.24, 2.45) is 11.3 Å². The molecule has 0 saturated heterocycles. The van der Waals surface area contributed by atoms with Gasteiger partial charge in [-0.15, -0.1) is 0 Å². The Morgan fingerprint density at radius 2 is 2.00 bits per heavy atom. The lowest BCUT2D eigenvalue weighted by Gasteiger charge is -2.32. The van der Waals surface area contributed by atoms with Crippen molar-refractivity contribution in [1.29, 1.82) is 0 Å². The highest BCUT2D eigenvalue weighted by molar-refractivity contribution is 6.34. The van der Waals surface area contributed by atoms with E-state index in [1.54, 1.807) is 19.2 Å². The smallest absolute Gasteiger partial charge is 0.138 e. The van der Waals surface area contributed by atoms with E-state index in [0.29, 0.717) is 21.4 Å². The molecule has 1 aromatic carbocycles. The Labute approximate surface area is 124 Å². The van der Waals surface area contributed by atoms with Crippen molar-refractivity contribution in [2.45, 2.75) is 39.2 Å². The van der Waals surface area contributed by atoms with Crippen molar-refractivity contribution >= 4 is 23.2 Å². The molecular formula is C15H20Cl2O2. The fourth-order valence-corrected chi connectivity index (χ4v) is 3.60. The number of methoxy groups -OCH3 is 1. The van der Waals surface area contributed by atoms with Crippen LogP contribution in [0.5, 0.6) is 5.75 Å². The van der Waals surface area contributed by atoms with Crippen LogP contribution in [0.1, 0.15) is 44.8 Å². The van der Waals surface area contributed by atoms with E-state index in [1.807, 2.05) is 0 Å². The third-order valence-corrected chi connectivity index (χ3v) is 4.93. The molecule has 1 aliphatic rings. The first-order chi connectivity index (χ1) is 8.86. The molecule has 2 rings (SSSR count).